The summed E-state index contributed by atoms with van der Waals surface area (Å²) in [7, 11) is 0. The van der Waals surface area contributed by atoms with Crippen molar-refractivity contribution in [2.45, 2.75) is 45.4 Å². The first-order valence-electron chi connectivity index (χ1n) is 12.8. The second-order valence-electron chi connectivity index (χ2n) is 10.6. The Morgan fingerprint density at radius 3 is 2.51 bits per heavy atom. The predicted octanol–water partition coefficient (Wildman–Crippen LogP) is 4.20. The Morgan fingerprint density at radius 2 is 1.71 bits per heavy atom. The Labute approximate surface area is 203 Å². The number of rotatable bonds is 3. The summed E-state index contributed by atoms with van der Waals surface area (Å²) in [6.07, 6.45) is 7.09. The fraction of sp³-hybridized carbons (Fsp3) is 0.538. The zero-order valence-electron chi connectivity index (χ0n) is 20.1. The Hall–Kier alpha value is -3.36. The van der Waals surface area contributed by atoms with Gasteiger partial charge in [0, 0.05) is 62.4 Å². The van der Waals surface area contributed by atoms with Crippen LogP contribution in [0.25, 0.3) is 11.1 Å². The largest absolute Gasteiger partial charge is 0.426 e. The second kappa shape index (κ2) is 7.83. The van der Waals surface area contributed by atoms with E-state index >= 15 is 0 Å². The highest BCUT2D eigenvalue weighted by molar-refractivity contribution is 5.97. The lowest BCUT2D eigenvalue weighted by atomic mass is 9.79. The molecule has 4 aliphatic rings. The van der Waals surface area contributed by atoms with Crippen LogP contribution in [0.1, 0.15) is 55.1 Å². The van der Waals surface area contributed by atoms with E-state index in [1.165, 1.54) is 25.7 Å². The van der Waals surface area contributed by atoms with Gasteiger partial charge in [0.25, 0.3) is 17.9 Å². The zero-order valence-corrected chi connectivity index (χ0v) is 20.1. The van der Waals surface area contributed by atoms with Gasteiger partial charge in [0.1, 0.15) is 5.52 Å². The lowest BCUT2D eigenvalue weighted by molar-refractivity contribution is 0.0745. The maximum atomic E-state index is 13.2. The van der Waals surface area contributed by atoms with Gasteiger partial charge in [0.15, 0.2) is 17.2 Å². The second-order valence-corrected chi connectivity index (χ2v) is 10.6. The third-order valence-electron chi connectivity index (χ3n) is 8.12. The standard InChI is InChI=1S/C26H30N6O3/c1-17-4-7-20-22(27-17)29-25(34-20)31-12-10-30(11-13-31)23(33)18-5-6-19-21(14-18)35-24(28-19)32-15-26(16-32)8-2-3-9-26/h5-6,14H,2-4,7-13,15-16H2,1H3. The van der Waals surface area contributed by atoms with Crippen LogP contribution in [0, 0.1) is 5.41 Å². The zero-order chi connectivity index (χ0) is 23.6. The van der Waals surface area contributed by atoms with E-state index in [1.807, 2.05) is 30.0 Å². The van der Waals surface area contributed by atoms with E-state index in [2.05, 4.69) is 24.8 Å². The summed E-state index contributed by atoms with van der Waals surface area (Å²) in [6.45, 7) is 6.69. The van der Waals surface area contributed by atoms with Gasteiger partial charge in [0.2, 0.25) is 0 Å². The quantitative estimate of drug-likeness (QED) is 0.562. The average Bonchev–Trinajstić information content (AvgIpc) is 3.59. The molecule has 1 amide bonds. The van der Waals surface area contributed by atoms with Crippen LogP contribution in [0.15, 0.2) is 32.0 Å². The number of hydrogen-bond donors (Lipinski definition) is 0. The molecule has 182 valence electrons. The van der Waals surface area contributed by atoms with Crippen molar-refractivity contribution >= 4 is 40.6 Å². The molecule has 0 bridgehead atoms. The molecule has 0 radical (unpaired) electrons. The van der Waals surface area contributed by atoms with Crippen LogP contribution in [0.3, 0.4) is 0 Å². The van der Waals surface area contributed by atoms with Gasteiger partial charge in [-0.25, -0.2) is 4.99 Å². The monoisotopic (exact) mass is 474 g/mol. The Balaban J connectivity index is 1.01. The summed E-state index contributed by atoms with van der Waals surface area (Å²) < 4.78 is 12.0. The molecule has 2 aromatic heterocycles. The van der Waals surface area contributed by atoms with E-state index in [-0.39, 0.29) is 5.91 Å². The summed E-state index contributed by atoms with van der Waals surface area (Å²) in [4.78, 5) is 33.2. The van der Waals surface area contributed by atoms with Crippen LogP contribution >= 0.6 is 0 Å². The van der Waals surface area contributed by atoms with E-state index < -0.39 is 0 Å². The van der Waals surface area contributed by atoms with Crippen molar-refractivity contribution in [3.8, 4) is 0 Å². The smallest absolute Gasteiger partial charge is 0.299 e. The van der Waals surface area contributed by atoms with Crippen LogP contribution in [0.5, 0.6) is 0 Å². The third-order valence-corrected chi connectivity index (χ3v) is 8.12. The van der Waals surface area contributed by atoms with Gasteiger partial charge in [-0.05, 0) is 44.4 Å². The minimum absolute atomic E-state index is 0.0188. The molecule has 7 rings (SSSR count). The SMILES string of the molecule is CC1=Nc2nc(N3CCN(C(=O)c4ccc5nc(N6CC7(CCCC7)C6)oc5c4)CC3)oc2CC1. The molecule has 3 aromatic rings. The lowest BCUT2D eigenvalue weighted by Gasteiger charge is -2.47. The van der Waals surface area contributed by atoms with Gasteiger partial charge in [0.05, 0.1) is 0 Å². The molecular weight excluding hydrogens is 444 g/mol. The molecule has 0 atom stereocenters. The third kappa shape index (κ3) is 3.59. The molecule has 35 heavy (non-hydrogen) atoms. The number of benzene rings is 1. The Morgan fingerprint density at radius 1 is 0.943 bits per heavy atom. The number of amides is 1. The number of aliphatic imine (C=N–C) groups is 1. The number of anilines is 2. The first-order valence-corrected chi connectivity index (χ1v) is 12.8. The average molecular weight is 475 g/mol. The van der Waals surface area contributed by atoms with Crippen molar-refractivity contribution in [1.82, 2.24) is 14.9 Å². The van der Waals surface area contributed by atoms with Gasteiger partial charge in [-0.2, -0.15) is 9.97 Å². The molecule has 9 nitrogen and oxygen atoms in total. The molecular formula is C26H30N6O3. The van der Waals surface area contributed by atoms with Crippen LogP contribution in [0.2, 0.25) is 0 Å². The number of aromatic nitrogens is 2. The van der Waals surface area contributed by atoms with Crippen molar-refractivity contribution in [3.63, 3.8) is 0 Å². The number of hydrogen-bond acceptors (Lipinski definition) is 8. The van der Waals surface area contributed by atoms with Gasteiger partial charge in [-0.3, -0.25) is 4.79 Å². The fourth-order valence-corrected chi connectivity index (χ4v) is 6.05. The Kier molecular flexibility index (Phi) is 4.69. The number of oxazole rings is 2. The molecule has 0 N–H and O–H groups in total. The van der Waals surface area contributed by atoms with Crippen molar-refractivity contribution < 1.29 is 13.6 Å². The van der Waals surface area contributed by atoms with Crippen LogP contribution in [0.4, 0.5) is 17.8 Å². The highest BCUT2D eigenvalue weighted by Crippen LogP contribution is 2.47. The normalized spacial score (nSPS) is 21.4. The summed E-state index contributed by atoms with van der Waals surface area (Å²) in [5, 5.41) is 0. The van der Waals surface area contributed by atoms with Crippen molar-refractivity contribution in [2.75, 3.05) is 49.1 Å². The molecule has 2 saturated heterocycles. The maximum Gasteiger partial charge on any atom is 0.299 e. The summed E-state index contributed by atoms with van der Waals surface area (Å²) in [5.74, 6) is 1.59. The number of fused-ring (bicyclic) bond motifs is 2. The highest BCUT2D eigenvalue weighted by Gasteiger charge is 2.46. The molecule has 1 spiro atoms. The molecule has 5 heterocycles. The molecule has 3 aliphatic heterocycles. The van der Waals surface area contributed by atoms with E-state index in [1.54, 1.807) is 0 Å². The number of carbonyl (C=O) groups excluding carboxylic acids is 1. The Bertz CT molecular complexity index is 1320. The number of piperazine rings is 1. The summed E-state index contributed by atoms with van der Waals surface area (Å²) in [5.41, 5.74) is 3.70. The van der Waals surface area contributed by atoms with Gasteiger partial charge < -0.3 is 23.5 Å². The van der Waals surface area contributed by atoms with Crippen LogP contribution in [-0.4, -0.2) is 65.8 Å². The molecule has 1 aromatic carbocycles. The molecule has 1 aliphatic carbocycles. The molecule has 0 unspecified atom stereocenters. The number of nitrogens with zero attached hydrogens (tertiary/aromatic N) is 6. The van der Waals surface area contributed by atoms with E-state index in [0.717, 1.165) is 42.9 Å². The molecule has 1 saturated carbocycles. The summed E-state index contributed by atoms with van der Waals surface area (Å²) in [6, 6.07) is 6.90. The topological polar surface area (TPSA) is 91.2 Å². The minimum Gasteiger partial charge on any atom is -0.426 e. The molecule has 9 heteroatoms. The van der Waals surface area contributed by atoms with E-state index in [0.29, 0.717) is 60.6 Å². The van der Waals surface area contributed by atoms with Gasteiger partial charge in [-0.15, -0.1) is 0 Å². The van der Waals surface area contributed by atoms with Crippen molar-refractivity contribution in [3.05, 3.63) is 29.5 Å². The molecule has 3 fully saturated rings. The van der Waals surface area contributed by atoms with E-state index in [4.69, 9.17) is 8.83 Å². The van der Waals surface area contributed by atoms with Crippen molar-refractivity contribution in [1.29, 1.82) is 0 Å². The van der Waals surface area contributed by atoms with Gasteiger partial charge >= 0.3 is 0 Å². The highest BCUT2D eigenvalue weighted by atomic mass is 16.4. The van der Waals surface area contributed by atoms with E-state index in [9.17, 15) is 4.79 Å². The van der Waals surface area contributed by atoms with Gasteiger partial charge in [-0.1, -0.05) is 12.8 Å². The number of carbonyl (C=O) groups is 1. The number of aryl methyl sites for hydroxylation is 1. The summed E-state index contributed by atoms with van der Waals surface area (Å²) >= 11 is 0. The van der Waals surface area contributed by atoms with Crippen LogP contribution < -0.4 is 9.80 Å². The predicted molar refractivity (Wildman–Crippen MR) is 133 cm³/mol. The maximum absolute atomic E-state index is 13.2. The van der Waals surface area contributed by atoms with Crippen LogP contribution in [-0.2, 0) is 6.42 Å². The van der Waals surface area contributed by atoms with Crippen molar-refractivity contribution in [2.24, 2.45) is 10.4 Å². The minimum atomic E-state index is 0.0188. The first-order chi connectivity index (χ1) is 17.1. The lowest BCUT2D eigenvalue weighted by Crippen LogP contribution is -2.55. The first kappa shape index (κ1) is 21.0. The fourth-order valence-electron chi connectivity index (χ4n) is 6.05.